The summed E-state index contributed by atoms with van der Waals surface area (Å²) in [6.45, 7) is 3.28. The third kappa shape index (κ3) is 3.73. The van der Waals surface area contributed by atoms with Crippen LogP contribution in [0, 0.1) is 5.41 Å². The fourth-order valence-corrected chi connectivity index (χ4v) is 2.26. The summed E-state index contributed by atoms with van der Waals surface area (Å²) in [6, 6.07) is 6.30. The number of carboxylic acid groups (broad SMARTS) is 1. The molecule has 2 amide bonds. The number of carbonyl (C=O) groups is 2. The van der Waals surface area contributed by atoms with Gasteiger partial charge in [0.2, 0.25) is 0 Å². The molecule has 1 aliphatic carbocycles. The summed E-state index contributed by atoms with van der Waals surface area (Å²) in [5, 5.41) is 14.4. The number of carboxylic acids is 1. The van der Waals surface area contributed by atoms with Gasteiger partial charge in [-0.25, -0.2) is 9.59 Å². The second-order valence-corrected chi connectivity index (χ2v) is 5.70. The van der Waals surface area contributed by atoms with E-state index in [1.165, 1.54) is 31.4 Å². The number of aromatic carboxylic acids is 1. The molecule has 0 aromatic heterocycles. The third-order valence-corrected chi connectivity index (χ3v) is 3.89. The maximum atomic E-state index is 11.7. The van der Waals surface area contributed by atoms with E-state index in [0.717, 1.165) is 5.56 Å². The molecule has 2 rings (SSSR count). The van der Waals surface area contributed by atoms with Crippen molar-refractivity contribution in [3.63, 3.8) is 0 Å². The molecule has 0 bridgehead atoms. The number of nitrogens with one attached hydrogen (secondary N) is 2. The van der Waals surface area contributed by atoms with Gasteiger partial charge in [0.25, 0.3) is 0 Å². The summed E-state index contributed by atoms with van der Waals surface area (Å²) >= 11 is 0. The van der Waals surface area contributed by atoms with Crippen molar-refractivity contribution in [1.82, 2.24) is 10.6 Å². The Morgan fingerprint density at radius 2 is 1.85 bits per heavy atom. The quantitative estimate of drug-likeness (QED) is 0.772. The van der Waals surface area contributed by atoms with Crippen molar-refractivity contribution in [2.45, 2.75) is 32.7 Å². The van der Waals surface area contributed by atoms with Gasteiger partial charge in [0.1, 0.15) is 0 Å². The van der Waals surface area contributed by atoms with Gasteiger partial charge >= 0.3 is 12.0 Å². The van der Waals surface area contributed by atoms with Gasteiger partial charge in [-0.15, -0.1) is 0 Å². The number of carbonyl (C=O) groups excluding carboxylic acids is 1. The van der Waals surface area contributed by atoms with E-state index in [9.17, 15) is 9.59 Å². The Morgan fingerprint density at radius 3 is 2.35 bits per heavy atom. The number of hydrogen-bond donors (Lipinski definition) is 3. The minimum absolute atomic E-state index is 0.180. The van der Waals surface area contributed by atoms with Crippen molar-refractivity contribution in [2.75, 3.05) is 6.54 Å². The fraction of sp³-hybridized carbons (Fsp3) is 0.467. The molecular formula is C15H20N2O3. The van der Waals surface area contributed by atoms with Crippen LogP contribution in [0.2, 0.25) is 0 Å². The minimum Gasteiger partial charge on any atom is -0.478 e. The van der Waals surface area contributed by atoms with Gasteiger partial charge in [0.05, 0.1) is 5.56 Å². The van der Waals surface area contributed by atoms with Crippen LogP contribution in [0.1, 0.15) is 42.1 Å². The van der Waals surface area contributed by atoms with Crippen LogP contribution < -0.4 is 10.6 Å². The van der Waals surface area contributed by atoms with Gasteiger partial charge in [-0.05, 0) is 36.0 Å². The van der Waals surface area contributed by atoms with Crippen LogP contribution in [0.15, 0.2) is 24.3 Å². The van der Waals surface area contributed by atoms with Crippen LogP contribution in [0.4, 0.5) is 4.79 Å². The van der Waals surface area contributed by atoms with E-state index in [1.807, 2.05) is 0 Å². The lowest BCUT2D eigenvalue weighted by molar-refractivity contribution is 0.0697. The van der Waals surface area contributed by atoms with E-state index in [1.54, 1.807) is 12.1 Å². The van der Waals surface area contributed by atoms with Crippen LogP contribution >= 0.6 is 0 Å². The van der Waals surface area contributed by atoms with Gasteiger partial charge in [-0.1, -0.05) is 25.5 Å². The molecular weight excluding hydrogens is 256 g/mol. The fourth-order valence-electron chi connectivity index (χ4n) is 2.26. The predicted octanol–water partition coefficient (Wildman–Crippen LogP) is 2.37. The second-order valence-electron chi connectivity index (χ2n) is 5.70. The minimum atomic E-state index is -0.948. The smallest absolute Gasteiger partial charge is 0.335 e. The summed E-state index contributed by atoms with van der Waals surface area (Å²) in [7, 11) is 0. The lowest BCUT2D eigenvalue weighted by Crippen LogP contribution is -2.43. The van der Waals surface area contributed by atoms with E-state index in [2.05, 4.69) is 17.6 Å². The summed E-state index contributed by atoms with van der Waals surface area (Å²) in [5.74, 6) is -0.948. The third-order valence-electron chi connectivity index (χ3n) is 3.89. The Kier molecular flexibility index (Phi) is 4.27. The zero-order valence-corrected chi connectivity index (χ0v) is 11.6. The SMILES string of the molecule is CC1(CNC(=O)NCc2ccc(C(=O)O)cc2)CCC1. The van der Waals surface area contributed by atoms with Crippen LogP contribution in [-0.2, 0) is 6.54 Å². The molecule has 0 saturated heterocycles. The van der Waals surface area contributed by atoms with E-state index in [4.69, 9.17) is 5.11 Å². The van der Waals surface area contributed by atoms with Crippen LogP contribution in [0.3, 0.4) is 0 Å². The van der Waals surface area contributed by atoms with Crippen molar-refractivity contribution in [3.05, 3.63) is 35.4 Å². The zero-order chi connectivity index (χ0) is 14.6. The maximum Gasteiger partial charge on any atom is 0.335 e. The van der Waals surface area contributed by atoms with Crippen molar-refractivity contribution < 1.29 is 14.7 Å². The average molecular weight is 276 g/mol. The Balaban J connectivity index is 1.73. The Labute approximate surface area is 118 Å². The molecule has 1 aliphatic rings. The van der Waals surface area contributed by atoms with Gasteiger partial charge in [-0.3, -0.25) is 0 Å². The van der Waals surface area contributed by atoms with Crippen molar-refractivity contribution in [3.8, 4) is 0 Å². The molecule has 108 valence electrons. The second kappa shape index (κ2) is 5.94. The van der Waals surface area contributed by atoms with Crippen LogP contribution in [0.5, 0.6) is 0 Å². The molecule has 1 aromatic rings. The van der Waals surface area contributed by atoms with Crippen molar-refractivity contribution in [2.24, 2.45) is 5.41 Å². The molecule has 0 heterocycles. The van der Waals surface area contributed by atoms with E-state index in [0.29, 0.717) is 13.1 Å². The molecule has 1 saturated carbocycles. The standard InChI is InChI=1S/C15H20N2O3/c1-15(7-2-8-15)10-17-14(20)16-9-11-3-5-12(6-4-11)13(18)19/h3-6H,2,7-10H2,1H3,(H,18,19)(H2,16,17,20). The van der Waals surface area contributed by atoms with Gasteiger partial charge < -0.3 is 15.7 Å². The first-order chi connectivity index (χ1) is 9.48. The molecule has 5 heteroatoms. The molecule has 5 nitrogen and oxygen atoms in total. The Bertz CT molecular complexity index is 492. The lowest BCUT2D eigenvalue weighted by atomic mass is 9.70. The summed E-state index contributed by atoms with van der Waals surface area (Å²) in [5.41, 5.74) is 1.39. The molecule has 1 fully saturated rings. The highest BCUT2D eigenvalue weighted by Crippen LogP contribution is 2.39. The average Bonchev–Trinajstić information content (AvgIpc) is 2.41. The summed E-state index contributed by atoms with van der Waals surface area (Å²) in [6.07, 6.45) is 3.59. The largest absolute Gasteiger partial charge is 0.478 e. The maximum absolute atomic E-state index is 11.7. The van der Waals surface area contributed by atoms with E-state index >= 15 is 0 Å². The monoisotopic (exact) mass is 276 g/mol. The highest BCUT2D eigenvalue weighted by Gasteiger charge is 2.31. The van der Waals surface area contributed by atoms with Crippen molar-refractivity contribution in [1.29, 1.82) is 0 Å². The van der Waals surface area contributed by atoms with Gasteiger partial charge in [-0.2, -0.15) is 0 Å². The Morgan fingerprint density at radius 1 is 1.20 bits per heavy atom. The number of amides is 2. The first kappa shape index (κ1) is 14.4. The van der Waals surface area contributed by atoms with Gasteiger partial charge in [0.15, 0.2) is 0 Å². The lowest BCUT2D eigenvalue weighted by Gasteiger charge is -2.38. The van der Waals surface area contributed by atoms with Crippen LogP contribution in [-0.4, -0.2) is 23.7 Å². The number of benzene rings is 1. The van der Waals surface area contributed by atoms with Gasteiger partial charge in [0, 0.05) is 13.1 Å². The molecule has 0 aliphatic heterocycles. The molecule has 3 N–H and O–H groups in total. The molecule has 1 aromatic carbocycles. The highest BCUT2D eigenvalue weighted by atomic mass is 16.4. The predicted molar refractivity (Wildman–Crippen MR) is 75.6 cm³/mol. The van der Waals surface area contributed by atoms with Crippen LogP contribution in [0.25, 0.3) is 0 Å². The number of hydrogen-bond acceptors (Lipinski definition) is 2. The number of rotatable bonds is 5. The molecule has 20 heavy (non-hydrogen) atoms. The van der Waals surface area contributed by atoms with Crippen molar-refractivity contribution >= 4 is 12.0 Å². The molecule has 0 spiro atoms. The summed E-state index contributed by atoms with van der Waals surface area (Å²) in [4.78, 5) is 22.4. The topological polar surface area (TPSA) is 78.4 Å². The molecule has 0 unspecified atom stereocenters. The van der Waals surface area contributed by atoms with E-state index < -0.39 is 5.97 Å². The molecule has 0 atom stereocenters. The summed E-state index contributed by atoms with van der Waals surface area (Å²) < 4.78 is 0. The highest BCUT2D eigenvalue weighted by molar-refractivity contribution is 5.87. The van der Waals surface area contributed by atoms with E-state index in [-0.39, 0.29) is 17.0 Å². The molecule has 0 radical (unpaired) electrons. The first-order valence-electron chi connectivity index (χ1n) is 6.82. The Hall–Kier alpha value is -2.04. The number of urea groups is 1. The zero-order valence-electron chi connectivity index (χ0n) is 11.6. The first-order valence-corrected chi connectivity index (χ1v) is 6.82. The normalized spacial score (nSPS) is 16.1.